The van der Waals surface area contributed by atoms with Crippen molar-refractivity contribution in [2.75, 3.05) is 13.7 Å². The quantitative estimate of drug-likeness (QED) is 0.683. The van der Waals surface area contributed by atoms with E-state index in [-0.39, 0.29) is 12.1 Å². The SMILES string of the molecule is CCN1C(=S)N[C@@H](c2ccccn2)[C@@H]1c1cccn1-c1ccc(OC)cc1. The number of hydrogen-bond donors (Lipinski definition) is 1. The van der Waals surface area contributed by atoms with Crippen LogP contribution in [-0.4, -0.2) is 33.2 Å². The molecule has 0 amide bonds. The second-order valence-electron chi connectivity index (χ2n) is 6.41. The molecule has 3 heterocycles. The molecule has 6 heteroatoms. The minimum absolute atomic E-state index is 0.00514. The largest absolute Gasteiger partial charge is 0.497 e. The Hall–Kier alpha value is -2.86. The molecule has 2 aromatic heterocycles. The van der Waals surface area contributed by atoms with Crippen molar-refractivity contribution in [3.05, 3.63) is 78.4 Å². The van der Waals surface area contributed by atoms with Crippen LogP contribution in [0.3, 0.4) is 0 Å². The highest BCUT2D eigenvalue weighted by atomic mass is 32.1. The average Bonchev–Trinajstić information content (AvgIpc) is 3.32. The number of aromatic nitrogens is 2. The Balaban J connectivity index is 1.78. The summed E-state index contributed by atoms with van der Waals surface area (Å²) >= 11 is 5.62. The van der Waals surface area contributed by atoms with Crippen LogP contribution in [0.2, 0.25) is 0 Å². The van der Waals surface area contributed by atoms with Crippen LogP contribution in [0.4, 0.5) is 0 Å². The Bertz CT molecular complexity index is 923. The molecule has 0 aliphatic carbocycles. The second-order valence-corrected chi connectivity index (χ2v) is 6.80. The number of benzene rings is 1. The molecule has 0 saturated carbocycles. The van der Waals surface area contributed by atoms with Gasteiger partial charge in [-0.25, -0.2) is 0 Å². The van der Waals surface area contributed by atoms with Crippen LogP contribution in [0.1, 0.15) is 30.4 Å². The molecule has 0 bridgehead atoms. The lowest BCUT2D eigenvalue weighted by atomic mass is 10.0. The van der Waals surface area contributed by atoms with Crippen molar-refractivity contribution in [2.45, 2.75) is 19.0 Å². The molecule has 1 aromatic carbocycles. The zero-order valence-electron chi connectivity index (χ0n) is 15.4. The van der Waals surface area contributed by atoms with Crippen molar-refractivity contribution in [1.29, 1.82) is 0 Å². The number of rotatable bonds is 5. The summed E-state index contributed by atoms with van der Waals surface area (Å²) in [7, 11) is 1.68. The van der Waals surface area contributed by atoms with Gasteiger partial charge in [0.25, 0.3) is 0 Å². The summed E-state index contributed by atoms with van der Waals surface area (Å²) in [5, 5.41) is 4.23. The Morgan fingerprint density at radius 2 is 1.93 bits per heavy atom. The number of hydrogen-bond acceptors (Lipinski definition) is 3. The Kier molecular flexibility index (Phi) is 4.81. The van der Waals surface area contributed by atoms with Crippen LogP contribution in [0, 0.1) is 0 Å². The van der Waals surface area contributed by atoms with Crippen LogP contribution in [0.5, 0.6) is 5.75 Å². The Morgan fingerprint density at radius 1 is 1.11 bits per heavy atom. The lowest BCUT2D eigenvalue weighted by Gasteiger charge is -2.28. The molecular weight excluding hydrogens is 356 g/mol. The summed E-state index contributed by atoms with van der Waals surface area (Å²) in [6.45, 7) is 2.95. The van der Waals surface area contributed by atoms with Gasteiger partial charge in [0.05, 0.1) is 24.9 Å². The average molecular weight is 379 g/mol. The third-order valence-corrected chi connectivity index (χ3v) is 5.32. The standard InChI is InChI=1S/C21H22N4OS/c1-3-24-20(19(23-21(24)27)17-7-4-5-13-22-17)18-8-6-14-25(18)15-9-11-16(26-2)12-10-15/h4-14,19-20H,3H2,1-2H3,(H,23,27)/t19-,20-/m0/s1. The first-order valence-electron chi connectivity index (χ1n) is 9.02. The lowest BCUT2D eigenvalue weighted by molar-refractivity contribution is 0.321. The van der Waals surface area contributed by atoms with Gasteiger partial charge in [-0.3, -0.25) is 4.98 Å². The number of ether oxygens (including phenoxy) is 1. The van der Waals surface area contributed by atoms with Gasteiger partial charge >= 0.3 is 0 Å². The van der Waals surface area contributed by atoms with E-state index < -0.39 is 0 Å². The fraction of sp³-hybridized carbons (Fsp3) is 0.238. The summed E-state index contributed by atoms with van der Waals surface area (Å²) in [6.07, 6.45) is 3.91. The van der Waals surface area contributed by atoms with Crippen LogP contribution >= 0.6 is 12.2 Å². The first-order chi connectivity index (χ1) is 13.2. The van der Waals surface area contributed by atoms with E-state index >= 15 is 0 Å². The van der Waals surface area contributed by atoms with E-state index in [1.54, 1.807) is 7.11 Å². The molecule has 1 aliphatic heterocycles. The van der Waals surface area contributed by atoms with Gasteiger partial charge in [-0.05, 0) is 67.7 Å². The molecule has 0 spiro atoms. The number of pyridine rings is 1. The van der Waals surface area contributed by atoms with Gasteiger partial charge in [-0.1, -0.05) is 6.07 Å². The van der Waals surface area contributed by atoms with Gasteiger partial charge < -0.3 is 19.5 Å². The molecule has 1 saturated heterocycles. The lowest BCUT2D eigenvalue weighted by Crippen LogP contribution is -2.30. The molecule has 1 fully saturated rings. The summed E-state index contributed by atoms with van der Waals surface area (Å²) in [4.78, 5) is 6.80. The number of methoxy groups -OCH3 is 1. The molecule has 1 aliphatic rings. The van der Waals surface area contributed by atoms with E-state index in [1.165, 1.54) is 5.69 Å². The smallest absolute Gasteiger partial charge is 0.170 e. The molecule has 0 unspecified atom stereocenters. The number of nitrogens with zero attached hydrogens (tertiary/aromatic N) is 3. The summed E-state index contributed by atoms with van der Waals surface area (Å²) < 4.78 is 7.49. The fourth-order valence-corrected chi connectivity index (χ4v) is 4.05. The van der Waals surface area contributed by atoms with Crippen LogP contribution in [0.15, 0.2) is 67.0 Å². The highest BCUT2D eigenvalue weighted by Gasteiger charge is 2.40. The molecule has 27 heavy (non-hydrogen) atoms. The first kappa shape index (κ1) is 17.5. The third kappa shape index (κ3) is 3.17. The number of thiocarbonyl (C=S) groups is 1. The molecule has 3 aromatic rings. The topological polar surface area (TPSA) is 42.3 Å². The van der Waals surface area contributed by atoms with Gasteiger partial charge in [0.15, 0.2) is 5.11 Å². The molecule has 0 radical (unpaired) electrons. The van der Waals surface area contributed by atoms with Gasteiger partial charge in [-0.2, -0.15) is 0 Å². The van der Waals surface area contributed by atoms with Crippen molar-refractivity contribution in [3.63, 3.8) is 0 Å². The summed E-state index contributed by atoms with van der Waals surface area (Å²) in [5.74, 6) is 0.845. The maximum Gasteiger partial charge on any atom is 0.170 e. The Labute approximate surface area is 164 Å². The maximum atomic E-state index is 5.62. The summed E-state index contributed by atoms with van der Waals surface area (Å²) in [5.41, 5.74) is 3.25. The predicted molar refractivity (Wildman–Crippen MR) is 110 cm³/mol. The van der Waals surface area contributed by atoms with E-state index in [1.807, 2.05) is 36.5 Å². The van der Waals surface area contributed by atoms with Crippen molar-refractivity contribution < 1.29 is 4.74 Å². The molecule has 138 valence electrons. The minimum atomic E-state index is 0.00514. The van der Waals surface area contributed by atoms with Crippen LogP contribution < -0.4 is 10.1 Å². The molecule has 5 nitrogen and oxygen atoms in total. The van der Waals surface area contributed by atoms with Crippen molar-refractivity contribution in [3.8, 4) is 11.4 Å². The normalized spacial score (nSPS) is 19.2. The Morgan fingerprint density at radius 3 is 2.59 bits per heavy atom. The monoisotopic (exact) mass is 378 g/mol. The number of likely N-dealkylation sites (N-methyl/N-ethyl adjacent to an activating group) is 1. The number of nitrogens with one attached hydrogen (secondary N) is 1. The zero-order chi connectivity index (χ0) is 18.8. The summed E-state index contributed by atoms with van der Waals surface area (Å²) in [6, 6.07) is 18.4. The van der Waals surface area contributed by atoms with Crippen LogP contribution in [-0.2, 0) is 0 Å². The second kappa shape index (κ2) is 7.40. The molecule has 2 atom stereocenters. The van der Waals surface area contributed by atoms with Gasteiger partial charge in [0.1, 0.15) is 5.75 Å². The fourth-order valence-electron chi connectivity index (χ4n) is 3.68. The van der Waals surface area contributed by atoms with E-state index in [0.29, 0.717) is 0 Å². The minimum Gasteiger partial charge on any atom is -0.497 e. The zero-order valence-corrected chi connectivity index (χ0v) is 16.2. The van der Waals surface area contributed by atoms with E-state index in [2.05, 4.69) is 57.2 Å². The molecule has 1 N–H and O–H groups in total. The molecule has 4 rings (SSSR count). The van der Waals surface area contributed by atoms with Gasteiger partial charge in [0, 0.05) is 30.3 Å². The highest BCUT2D eigenvalue weighted by molar-refractivity contribution is 7.80. The van der Waals surface area contributed by atoms with Crippen LogP contribution in [0.25, 0.3) is 5.69 Å². The van der Waals surface area contributed by atoms with E-state index in [4.69, 9.17) is 17.0 Å². The maximum absolute atomic E-state index is 5.62. The third-order valence-electron chi connectivity index (χ3n) is 4.97. The molecular formula is C21H22N4OS. The highest BCUT2D eigenvalue weighted by Crippen LogP contribution is 2.39. The van der Waals surface area contributed by atoms with Crippen molar-refractivity contribution in [2.24, 2.45) is 0 Å². The van der Waals surface area contributed by atoms with Crippen molar-refractivity contribution in [1.82, 2.24) is 19.8 Å². The predicted octanol–water partition coefficient (Wildman–Crippen LogP) is 3.87. The van der Waals surface area contributed by atoms with Gasteiger partial charge in [-0.15, -0.1) is 0 Å². The van der Waals surface area contributed by atoms with Gasteiger partial charge in [0.2, 0.25) is 0 Å². The van der Waals surface area contributed by atoms with E-state index in [0.717, 1.165) is 28.8 Å². The van der Waals surface area contributed by atoms with Crippen molar-refractivity contribution >= 4 is 17.3 Å². The first-order valence-corrected chi connectivity index (χ1v) is 9.43. The van der Waals surface area contributed by atoms with E-state index in [9.17, 15) is 0 Å².